The molecule has 0 atom stereocenters. The maximum Gasteiger partial charge on any atom is 0.311 e. The Kier molecular flexibility index (Phi) is 4.97. The number of carboxylic acid groups (broad SMARTS) is 1. The second kappa shape index (κ2) is 6.03. The lowest BCUT2D eigenvalue weighted by atomic mass is 9.97. The zero-order valence-electron chi connectivity index (χ0n) is 10.8. The van der Waals surface area contributed by atoms with Crippen molar-refractivity contribution in [1.29, 1.82) is 0 Å². The van der Waals surface area contributed by atoms with E-state index in [-0.39, 0.29) is 11.8 Å². The molecule has 17 heavy (non-hydrogen) atoms. The summed E-state index contributed by atoms with van der Waals surface area (Å²) in [6.45, 7) is 4.43. The van der Waals surface area contributed by atoms with Gasteiger partial charge in [-0.3, -0.25) is 9.59 Å². The molecule has 2 N–H and O–H groups in total. The van der Waals surface area contributed by atoms with Crippen LogP contribution in [0.25, 0.3) is 0 Å². The fourth-order valence-corrected chi connectivity index (χ4v) is 2.12. The van der Waals surface area contributed by atoms with Crippen molar-refractivity contribution in [3.8, 4) is 0 Å². The quantitative estimate of drug-likeness (QED) is 0.684. The Bertz CT molecular complexity index is 278. The number of carbonyl (C=O) groups excluding carboxylic acids is 1. The molecule has 98 valence electrons. The first-order valence-corrected chi connectivity index (χ1v) is 6.57. The minimum absolute atomic E-state index is 0.0289. The van der Waals surface area contributed by atoms with Crippen LogP contribution in [-0.4, -0.2) is 23.5 Å². The van der Waals surface area contributed by atoms with Gasteiger partial charge in [-0.2, -0.15) is 0 Å². The summed E-state index contributed by atoms with van der Waals surface area (Å²) in [6.07, 6.45) is 5.13. The molecule has 0 aliphatic heterocycles. The Labute approximate surface area is 103 Å². The number of amides is 1. The number of hydrogen-bond donors (Lipinski definition) is 2. The molecule has 0 bridgehead atoms. The minimum atomic E-state index is -0.777. The van der Waals surface area contributed by atoms with Gasteiger partial charge >= 0.3 is 5.97 Å². The number of aliphatic carboxylic acids is 1. The van der Waals surface area contributed by atoms with Gasteiger partial charge in [0, 0.05) is 12.5 Å². The molecule has 1 fully saturated rings. The highest BCUT2D eigenvalue weighted by Crippen LogP contribution is 2.45. The summed E-state index contributed by atoms with van der Waals surface area (Å²) in [7, 11) is 0. The largest absolute Gasteiger partial charge is 0.481 e. The van der Waals surface area contributed by atoms with Crippen LogP contribution >= 0.6 is 0 Å². The molecule has 0 saturated heterocycles. The third-order valence-corrected chi connectivity index (χ3v) is 3.55. The van der Waals surface area contributed by atoms with E-state index in [2.05, 4.69) is 19.2 Å². The molecular weight excluding hydrogens is 218 g/mol. The van der Waals surface area contributed by atoms with Crippen LogP contribution in [0.15, 0.2) is 0 Å². The van der Waals surface area contributed by atoms with Crippen LogP contribution in [-0.2, 0) is 9.59 Å². The first-order chi connectivity index (χ1) is 8.05. The Morgan fingerprint density at radius 2 is 1.76 bits per heavy atom. The van der Waals surface area contributed by atoms with Crippen LogP contribution in [0, 0.1) is 11.3 Å². The fraction of sp³-hybridized carbons (Fsp3) is 0.846. The Hall–Kier alpha value is -1.06. The summed E-state index contributed by atoms with van der Waals surface area (Å²) in [5.41, 5.74) is -0.654. The first kappa shape index (κ1) is 14.0. The summed E-state index contributed by atoms with van der Waals surface area (Å²) in [6, 6.07) is 0. The normalized spacial score (nSPS) is 16.9. The van der Waals surface area contributed by atoms with Crippen molar-refractivity contribution >= 4 is 11.9 Å². The second-order valence-electron chi connectivity index (χ2n) is 5.08. The van der Waals surface area contributed by atoms with E-state index in [1.54, 1.807) is 0 Å². The highest BCUT2D eigenvalue weighted by Gasteiger charge is 2.50. The molecule has 0 aromatic carbocycles. The summed E-state index contributed by atoms with van der Waals surface area (Å²) in [5.74, 6) is -0.698. The van der Waals surface area contributed by atoms with Gasteiger partial charge in [0.05, 0.1) is 5.41 Å². The molecule has 0 unspecified atom stereocenters. The molecule has 1 aliphatic carbocycles. The monoisotopic (exact) mass is 241 g/mol. The lowest BCUT2D eigenvalue weighted by molar-refractivity contribution is -0.143. The Morgan fingerprint density at radius 1 is 1.24 bits per heavy atom. The van der Waals surface area contributed by atoms with Crippen LogP contribution in [0.5, 0.6) is 0 Å². The van der Waals surface area contributed by atoms with Crippen molar-refractivity contribution in [2.24, 2.45) is 11.3 Å². The van der Waals surface area contributed by atoms with Gasteiger partial charge in [0.15, 0.2) is 0 Å². The van der Waals surface area contributed by atoms with Crippen molar-refractivity contribution in [2.45, 2.75) is 52.4 Å². The maximum atomic E-state index is 11.9. The molecule has 0 spiro atoms. The van der Waals surface area contributed by atoms with Gasteiger partial charge in [0.1, 0.15) is 0 Å². The van der Waals surface area contributed by atoms with Crippen LogP contribution in [0.1, 0.15) is 52.4 Å². The van der Waals surface area contributed by atoms with Crippen molar-refractivity contribution in [1.82, 2.24) is 5.32 Å². The van der Waals surface area contributed by atoms with Gasteiger partial charge in [-0.05, 0) is 25.7 Å². The van der Waals surface area contributed by atoms with Crippen molar-refractivity contribution in [3.05, 3.63) is 0 Å². The molecule has 1 aliphatic rings. The maximum absolute atomic E-state index is 11.9. The number of hydrogen-bond acceptors (Lipinski definition) is 2. The van der Waals surface area contributed by atoms with E-state index in [1.807, 2.05) is 0 Å². The predicted octanol–water partition coefficient (Wildman–Crippen LogP) is 2.18. The summed E-state index contributed by atoms with van der Waals surface area (Å²) in [4.78, 5) is 22.9. The van der Waals surface area contributed by atoms with E-state index < -0.39 is 11.4 Å². The van der Waals surface area contributed by atoms with Gasteiger partial charge < -0.3 is 10.4 Å². The minimum Gasteiger partial charge on any atom is -0.481 e. The van der Waals surface area contributed by atoms with Gasteiger partial charge in [0.25, 0.3) is 0 Å². The lowest BCUT2D eigenvalue weighted by Gasteiger charge is -2.17. The first-order valence-electron chi connectivity index (χ1n) is 6.57. The van der Waals surface area contributed by atoms with Crippen LogP contribution in [0.4, 0.5) is 0 Å². The molecule has 1 amide bonds. The fourth-order valence-electron chi connectivity index (χ4n) is 2.12. The summed E-state index contributed by atoms with van der Waals surface area (Å²) in [5, 5.41) is 11.8. The van der Waals surface area contributed by atoms with E-state index in [4.69, 9.17) is 5.11 Å². The molecule has 1 saturated carbocycles. The smallest absolute Gasteiger partial charge is 0.311 e. The van der Waals surface area contributed by atoms with E-state index in [0.717, 1.165) is 25.7 Å². The number of carboxylic acids is 1. The number of carbonyl (C=O) groups is 2. The van der Waals surface area contributed by atoms with Crippen molar-refractivity contribution in [2.75, 3.05) is 6.54 Å². The van der Waals surface area contributed by atoms with Crippen molar-refractivity contribution in [3.63, 3.8) is 0 Å². The Morgan fingerprint density at radius 3 is 2.12 bits per heavy atom. The zero-order chi connectivity index (χ0) is 12.9. The highest BCUT2D eigenvalue weighted by molar-refractivity contribution is 5.82. The molecule has 0 aromatic rings. The molecule has 0 aromatic heterocycles. The van der Waals surface area contributed by atoms with Gasteiger partial charge in [-0.1, -0.05) is 26.7 Å². The number of rotatable bonds is 8. The van der Waals surface area contributed by atoms with Crippen LogP contribution < -0.4 is 5.32 Å². The van der Waals surface area contributed by atoms with Gasteiger partial charge in [-0.15, -0.1) is 0 Å². The molecule has 1 rings (SSSR count). The standard InChI is InChI=1S/C13H23NO3/c1-3-5-10(6-4-2)11(15)14-9-13(7-8-13)12(16)17/h10H,3-9H2,1-2H3,(H,14,15)(H,16,17). The third kappa shape index (κ3) is 3.72. The third-order valence-electron chi connectivity index (χ3n) is 3.55. The highest BCUT2D eigenvalue weighted by atomic mass is 16.4. The Balaban J connectivity index is 2.39. The van der Waals surface area contributed by atoms with Crippen LogP contribution in [0.2, 0.25) is 0 Å². The SMILES string of the molecule is CCCC(CCC)C(=O)NCC1(C(=O)O)CC1. The average Bonchev–Trinajstić information content (AvgIpc) is 3.07. The van der Waals surface area contributed by atoms with E-state index in [1.165, 1.54) is 0 Å². The predicted molar refractivity (Wildman–Crippen MR) is 65.6 cm³/mol. The lowest BCUT2D eigenvalue weighted by Crippen LogP contribution is -2.37. The second-order valence-corrected chi connectivity index (χ2v) is 5.08. The van der Waals surface area contributed by atoms with Gasteiger partial charge in [0.2, 0.25) is 5.91 Å². The molecular formula is C13H23NO3. The van der Waals surface area contributed by atoms with E-state index in [9.17, 15) is 9.59 Å². The van der Waals surface area contributed by atoms with E-state index in [0.29, 0.717) is 19.4 Å². The molecule has 4 nitrogen and oxygen atoms in total. The number of nitrogens with one attached hydrogen (secondary N) is 1. The molecule has 0 heterocycles. The average molecular weight is 241 g/mol. The summed E-state index contributed by atoms with van der Waals surface area (Å²) >= 11 is 0. The molecule has 4 heteroatoms. The van der Waals surface area contributed by atoms with Crippen LogP contribution in [0.3, 0.4) is 0 Å². The van der Waals surface area contributed by atoms with E-state index >= 15 is 0 Å². The molecule has 0 radical (unpaired) electrons. The van der Waals surface area contributed by atoms with Gasteiger partial charge in [-0.25, -0.2) is 0 Å². The summed E-state index contributed by atoms with van der Waals surface area (Å²) < 4.78 is 0. The topological polar surface area (TPSA) is 66.4 Å². The zero-order valence-corrected chi connectivity index (χ0v) is 10.8. The van der Waals surface area contributed by atoms with Crippen molar-refractivity contribution < 1.29 is 14.7 Å².